The van der Waals surface area contributed by atoms with Gasteiger partial charge in [-0.2, -0.15) is 0 Å². The summed E-state index contributed by atoms with van der Waals surface area (Å²) in [7, 11) is 1.70. The minimum atomic E-state index is -0.196. The van der Waals surface area contributed by atoms with Gasteiger partial charge in [0.25, 0.3) is 0 Å². The molecule has 4 rings (SSSR count). The molecule has 3 nitrogen and oxygen atoms in total. The van der Waals surface area contributed by atoms with Gasteiger partial charge < -0.3 is 15.0 Å². The second-order valence-corrected chi connectivity index (χ2v) is 6.05. The van der Waals surface area contributed by atoms with Gasteiger partial charge in [-0.3, -0.25) is 0 Å². The zero-order chi connectivity index (χ0) is 15.2. The van der Waals surface area contributed by atoms with E-state index in [1.54, 1.807) is 7.11 Å². The third-order valence-electron chi connectivity index (χ3n) is 4.83. The molecule has 0 saturated heterocycles. The molecule has 0 saturated carbocycles. The zero-order valence-corrected chi connectivity index (χ0v) is 12.9. The van der Waals surface area contributed by atoms with Crippen LogP contribution in [0.25, 0.3) is 10.9 Å². The van der Waals surface area contributed by atoms with Crippen molar-refractivity contribution in [3.63, 3.8) is 0 Å². The number of fused-ring (bicyclic) bond motifs is 3. The van der Waals surface area contributed by atoms with Gasteiger partial charge in [0.05, 0.1) is 12.6 Å². The molecule has 0 spiro atoms. The number of hydrogen-bond donors (Lipinski definition) is 2. The summed E-state index contributed by atoms with van der Waals surface area (Å²) in [6, 6.07) is 16.9. The van der Waals surface area contributed by atoms with E-state index in [0.29, 0.717) is 0 Å². The summed E-state index contributed by atoms with van der Waals surface area (Å²) in [5, 5.41) is 5.04. The molecule has 0 aliphatic carbocycles. The van der Waals surface area contributed by atoms with E-state index in [2.05, 4.69) is 53.6 Å². The molecule has 0 fully saturated rings. The minimum Gasteiger partial charge on any atom is -0.497 e. The average Bonchev–Trinajstić information content (AvgIpc) is 2.96. The Balaban J connectivity index is 1.89. The van der Waals surface area contributed by atoms with Crippen molar-refractivity contribution in [2.75, 3.05) is 13.7 Å². The highest BCUT2D eigenvalue weighted by atomic mass is 16.5. The fourth-order valence-corrected chi connectivity index (χ4v) is 3.58. The fraction of sp³-hybridized carbons (Fsp3) is 0.263. The number of H-pyrrole nitrogens is 1. The molecule has 1 aromatic heterocycles. The molecule has 1 atom stereocenters. The van der Waals surface area contributed by atoms with Gasteiger partial charge >= 0.3 is 0 Å². The van der Waals surface area contributed by atoms with Crippen molar-refractivity contribution < 1.29 is 4.74 Å². The number of aromatic nitrogens is 1. The summed E-state index contributed by atoms with van der Waals surface area (Å²) in [6.45, 7) is 3.24. The molecule has 2 N–H and O–H groups in total. The Labute approximate surface area is 130 Å². The van der Waals surface area contributed by atoms with Gasteiger partial charge in [0, 0.05) is 23.1 Å². The summed E-state index contributed by atoms with van der Waals surface area (Å²) < 4.78 is 5.28. The normalized spacial score (nSPS) is 20.8. The summed E-state index contributed by atoms with van der Waals surface area (Å²) in [4.78, 5) is 3.64. The maximum absolute atomic E-state index is 5.28. The first kappa shape index (κ1) is 13.4. The third kappa shape index (κ3) is 1.86. The summed E-state index contributed by atoms with van der Waals surface area (Å²) in [6.07, 6.45) is 1.06. The highest BCUT2D eigenvalue weighted by Crippen LogP contribution is 2.38. The van der Waals surface area contributed by atoms with Gasteiger partial charge in [-0.15, -0.1) is 0 Å². The predicted octanol–water partition coefficient (Wildman–Crippen LogP) is 3.59. The van der Waals surface area contributed by atoms with Crippen molar-refractivity contribution in [3.05, 3.63) is 65.4 Å². The number of ether oxygens (including phenoxy) is 1. The van der Waals surface area contributed by atoms with Crippen LogP contribution in [-0.2, 0) is 12.0 Å². The van der Waals surface area contributed by atoms with Crippen molar-refractivity contribution >= 4 is 10.9 Å². The first-order valence-corrected chi connectivity index (χ1v) is 7.72. The minimum absolute atomic E-state index is 0.196. The van der Waals surface area contributed by atoms with Crippen LogP contribution in [0.2, 0.25) is 0 Å². The largest absolute Gasteiger partial charge is 0.497 e. The molecule has 3 aromatic rings. The van der Waals surface area contributed by atoms with Gasteiger partial charge in [-0.05, 0) is 42.7 Å². The zero-order valence-electron chi connectivity index (χ0n) is 12.9. The van der Waals surface area contributed by atoms with E-state index in [9.17, 15) is 0 Å². The molecular weight excluding hydrogens is 272 g/mol. The number of methoxy groups -OCH3 is 1. The van der Waals surface area contributed by atoms with Crippen LogP contribution in [0, 0.1) is 0 Å². The maximum atomic E-state index is 5.28. The topological polar surface area (TPSA) is 37.0 Å². The lowest BCUT2D eigenvalue weighted by molar-refractivity contribution is 0.401. The molecule has 2 heterocycles. The van der Waals surface area contributed by atoms with Crippen molar-refractivity contribution in [1.82, 2.24) is 10.3 Å². The number of aromatic amines is 1. The molecular formula is C19H20N2O. The van der Waals surface area contributed by atoms with Crippen LogP contribution in [0.5, 0.6) is 5.75 Å². The summed E-state index contributed by atoms with van der Waals surface area (Å²) in [5.74, 6) is 0.889. The smallest absolute Gasteiger partial charge is 0.118 e. The van der Waals surface area contributed by atoms with Crippen LogP contribution in [-0.4, -0.2) is 18.6 Å². The number of hydrogen-bond acceptors (Lipinski definition) is 2. The van der Waals surface area contributed by atoms with Gasteiger partial charge in [0.15, 0.2) is 0 Å². The second-order valence-electron chi connectivity index (χ2n) is 6.05. The van der Waals surface area contributed by atoms with Crippen LogP contribution < -0.4 is 10.1 Å². The molecule has 0 radical (unpaired) electrons. The van der Waals surface area contributed by atoms with Crippen molar-refractivity contribution in [3.8, 4) is 5.75 Å². The second kappa shape index (κ2) is 4.89. The third-order valence-corrected chi connectivity index (χ3v) is 4.83. The number of para-hydroxylation sites is 1. The lowest BCUT2D eigenvalue weighted by Gasteiger charge is -2.36. The van der Waals surface area contributed by atoms with E-state index in [0.717, 1.165) is 18.7 Å². The molecule has 112 valence electrons. The maximum Gasteiger partial charge on any atom is 0.118 e. The van der Waals surface area contributed by atoms with E-state index < -0.39 is 0 Å². The Kier molecular flexibility index (Phi) is 2.98. The Morgan fingerprint density at radius 1 is 1.05 bits per heavy atom. The molecule has 1 unspecified atom stereocenters. The van der Waals surface area contributed by atoms with Gasteiger partial charge in [0.1, 0.15) is 5.75 Å². The lowest BCUT2D eigenvalue weighted by atomic mass is 9.82. The van der Waals surface area contributed by atoms with E-state index in [1.165, 1.54) is 27.7 Å². The fourth-order valence-electron chi connectivity index (χ4n) is 3.58. The average molecular weight is 292 g/mol. The Bertz CT molecular complexity index is 819. The van der Waals surface area contributed by atoms with Crippen LogP contribution in [0.15, 0.2) is 48.5 Å². The van der Waals surface area contributed by atoms with Crippen molar-refractivity contribution in [2.24, 2.45) is 0 Å². The van der Waals surface area contributed by atoms with Gasteiger partial charge in [0.2, 0.25) is 0 Å². The van der Waals surface area contributed by atoms with Gasteiger partial charge in [-0.1, -0.05) is 30.3 Å². The van der Waals surface area contributed by atoms with Crippen LogP contribution in [0.4, 0.5) is 0 Å². The van der Waals surface area contributed by atoms with Crippen molar-refractivity contribution in [1.29, 1.82) is 0 Å². The Morgan fingerprint density at radius 3 is 2.59 bits per heavy atom. The molecule has 0 amide bonds. The molecule has 3 heteroatoms. The van der Waals surface area contributed by atoms with E-state index >= 15 is 0 Å². The van der Waals surface area contributed by atoms with Gasteiger partial charge in [-0.25, -0.2) is 0 Å². The predicted molar refractivity (Wildman–Crippen MR) is 89.5 cm³/mol. The molecule has 2 aromatic carbocycles. The molecule has 22 heavy (non-hydrogen) atoms. The number of benzene rings is 2. The Morgan fingerprint density at radius 2 is 1.82 bits per heavy atom. The van der Waals surface area contributed by atoms with E-state index in [1.807, 2.05) is 12.1 Å². The monoisotopic (exact) mass is 292 g/mol. The summed E-state index contributed by atoms with van der Waals surface area (Å²) in [5.41, 5.74) is 4.99. The standard InChI is InChI=1S/C19H20N2O/c1-19(13-7-9-14(22-2)10-8-13)18-16(11-12-20-19)15-5-3-4-6-17(15)21-18/h3-10,20-21H,11-12H2,1-2H3. The molecule has 1 aliphatic heterocycles. The Hall–Kier alpha value is -2.26. The van der Waals surface area contributed by atoms with E-state index in [-0.39, 0.29) is 5.54 Å². The molecule has 1 aliphatic rings. The summed E-state index contributed by atoms with van der Waals surface area (Å²) >= 11 is 0. The highest BCUT2D eigenvalue weighted by Gasteiger charge is 2.35. The van der Waals surface area contributed by atoms with Crippen LogP contribution in [0.3, 0.4) is 0 Å². The van der Waals surface area contributed by atoms with Crippen LogP contribution >= 0.6 is 0 Å². The van der Waals surface area contributed by atoms with Crippen molar-refractivity contribution in [2.45, 2.75) is 18.9 Å². The lowest BCUT2D eigenvalue weighted by Crippen LogP contribution is -2.45. The highest BCUT2D eigenvalue weighted by molar-refractivity contribution is 5.85. The number of nitrogens with one attached hydrogen (secondary N) is 2. The first-order chi connectivity index (χ1) is 10.7. The SMILES string of the molecule is COc1ccc(C2(C)NCCc3c2[nH]c2ccccc32)cc1. The molecule has 0 bridgehead atoms. The quantitative estimate of drug-likeness (QED) is 0.757. The van der Waals surface area contributed by atoms with E-state index in [4.69, 9.17) is 4.74 Å². The number of rotatable bonds is 2. The van der Waals surface area contributed by atoms with Crippen LogP contribution in [0.1, 0.15) is 23.7 Å². The first-order valence-electron chi connectivity index (χ1n) is 7.72.